The van der Waals surface area contributed by atoms with Crippen LogP contribution in [0.4, 0.5) is 5.69 Å². The molecule has 0 radical (unpaired) electrons. The molecule has 0 aromatic heterocycles. The predicted octanol–water partition coefficient (Wildman–Crippen LogP) is 2.76. The molecule has 0 atom stereocenters. The number of amides is 1. The van der Waals surface area contributed by atoms with Gasteiger partial charge in [0.1, 0.15) is 5.75 Å². The van der Waals surface area contributed by atoms with E-state index in [1.54, 1.807) is 23.5 Å². The molecule has 8 heteroatoms. The van der Waals surface area contributed by atoms with Crippen LogP contribution in [0.15, 0.2) is 53.4 Å². The largest absolute Gasteiger partial charge is 0.497 e. The fourth-order valence-electron chi connectivity index (χ4n) is 4.32. The van der Waals surface area contributed by atoms with Crippen molar-refractivity contribution in [3.05, 3.63) is 54.1 Å². The van der Waals surface area contributed by atoms with E-state index in [0.29, 0.717) is 43.9 Å². The van der Waals surface area contributed by atoms with Crippen LogP contribution in [0.25, 0.3) is 0 Å². The van der Waals surface area contributed by atoms with Crippen LogP contribution in [0, 0.1) is 0 Å². The van der Waals surface area contributed by atoms with E-state index < -0.39 is 10.0 Å². The monoisotopic (exact) mass is 457 g/mol. The molecule has 2 aromatic carbocycles. The number of hydrogen-bond donors (Lipinski definition) is 0. The molecule has 0 saturated carbocycles. The van der Waals surface area contributed by atoms with Gasteiger partial charge in [0.2, 0.25) is 15.9 Å². The van der Waals surface area contributed by atoms with Gasteiger partial charge in [-0.1, -0.05) is 12.1 Å². The summed E-state index contributed by atoms with van der Waals surface area (Å²) in [6.45, 7) is 4.23. The van der Waals surface area contributed by atoms with Gasteiger partial charge in [0.15, 0.2) is 0 Å². The number of methoxy groups -OCH3 is 1. The summed E-state index contributed by atoms with van der Waals surface area (Å²) in [6.07, 6.45) is 2.89. The number of rotatable bonds is 7. The van der Waals surface area contributed by atoms with Crippen LogP contribution < -0.4 is 9.64 Å². The molecule has 2 heterocycles. The molecule has 2 aliphatic heterocycles. The van der Waals surface area contributed by atoms with Crippen molar-refractivity contribution in [3.8, 4) is 5.75 Å². The van der Waals surface area contributed by atoms with Gasteiger partial charge in [-0.3, -0.25) is 4.79 Å². The second-order valence-electron chi connectivity index (χ2n) is 8.32. The molecule has 2 aromatic rings. The average Bonchev–Trinajstić information content (AvgIpc) is 3.39. The highest BCUT2D eigenvalue weighted by molar-refractivity contribution is 7.89. The molecule has 0 spiro atoms. The highest BCUT2D eigenvalue weighted by atomic mass is 32.2. The Hall–Kier alpha value is -2.58. The molecule has 2 aliphatic rings. The predicted molar refractivity (Wildman–Crippen MR) is 125 cm³/mol. The maximum absolute atomic E-state index is 12.7. The van der Waals surface area contributed by atoms with Gasteiger partial charge in [0.05, 0.1) is 12.0 Å². The SMILES string of the molecule is COc1ccc(N2CCN(C(=O)CCc3ccc(S(=O)(=O)N4CCCC4)cc3)CC2)cc1. The number of piperazine rings is 1. The third kappa shape index (κ3) is 5.07. The fraction of sp³-hybridized carbons (Fsp3) is 0.458. The molecular weight excluding hydrogens is 426 g/mol. The fourth-order valence-corrected chi connectivity index (χ4v) is 5.84. The van der Waals surface area contributed by atoms with Crippen LogP contribution in [0.1, 0.15) is 24.8 Å². The Balaban J connectivity index is 1.26. The third-order valence-electron chi connectivity index (χ3n) is 6.32. The highest BCUT2D eigenvalue weighted by Crippen LogP contribution is 2.22. The lowest BCUT2D eigenvalue weighted by Gasteiger charge is -2.36. The number of sulfonamides is 1. The molecule has 32 heavy (non-hydrogen) atoms. The Labute approximate surface area is 190 Å². The summed E-state index contributed by atoms with van der Waals surface area (Å²) >= 11 is 0. The van der Waals surface area contributed by atoms with E-state index in [2.05, 4.69) is 4.90 Å². The molecule has 0 N–H and O–H groups in total. The van der Waals surface area contributed by atoms with Crippen molar-refractivity contribution in [1.82, 2.24) is 9.21 Å². The first-order valence-electron chi connectivity index (χ1n) is 11.2. The summed E-state index contributed by atoms with van der Waals surface area (Å²) in [4.78, 5) is 17.2. The molecule has 1 amide bonds. The quantitative estimate of drug-likeness (QED) is 0.640. The van der Waals surface area contributed by atoms with Crippen molar-refractivity contribution in [1.29, 1.82) is 0 Å². The van der Waals surface area contributed by atoms with E-state index >= 15 is 0 Å². The van der Waals surface area contributed by atoms with Crippen molar-refractivity contribution in [2.75, 3.05) is 51.3 Å². The van der Waals surface area contributed by atoms with Gasteiger partial charge in [0.25, 0.3) is 0 Å². The van der Waals surface area contributed by atoms with Gasteiger partial charge in [-0.25, -0.2) is 8.42 Å². The average molecular weight is 458 g/mol. The number of carbonyl (C=O) groups excluding carboxylic acids is 1. The Morgan fingerprint density at radius 1 is 0.875 bits per heavy atom. The van der Waals surface area contributed by atoms with Crippen molar-refractivity contribution in [2.24, 2.45) is 0 Å². The molecule has 2 fully saturated rings. The lowest BCUT2D eigenvalue weighted by molar-refractivity contribution is -0.131. The first-order valence-corrected chi connectivity index (χ1v) is 12.7. The van der Waals surface area contributed by atoms with Gasteiger partial charge in [0, 0.05) is 51.4 Å². The lowest BCUT2D eigenvalue weighted by atomic mass is 10.1. The van der Waals surface area contributed by atoms with Crippen molar-refractivity contribution in [2.45, 2.75) is 30.6 Å². The van der Waals surface area contributed by atoms with Gasteiger partial charge >= 0.3 is 0 Å². The van der Waals surface area contributed by atoms with Crippen molar-refractivity contribution >= 4 is 21.6 Å². The highest BCUT2D eigenvalue weighted by Gasteiger charge is 2.27. The summed E-state index contributed by atoms with van der Waals surface area (Å²) in [5.74, 6) is 0.984. The number of carbonyl (C=O) groups is 1. The Morgan fingerprint density at radius 2 is 1.50 bits per heavy atom. The van der Waals surface area contributed by atoms with E-state index in [-0.39, 0.29) is 5.91 Å². The van der Waals surface area contributed by atoms with E-state index in [4.69, 9.17) is 4.74 Å². The van der Waals surface area contributed by atoms with Crippen LogP contribution >= 0.6 is 0 Å². The number of hydrogen-bond acceptors (Lipinski definition) is 5. The topological polar surface area (TPSA) is 70.2 Å². The zero-order valence-corrected chi connectivity index (χ0v) is 19.4. The summed E-state index contributed by atoms with van der Waals surface area (Å²) in [5.41, 5.74) is 2.12. The minimum atomic E-state index is -3.39. The van der Waals surface area contributed by atoms with Crippen LogP contribution in [0.3, 0.4) is 0 Å². The summed E-state index contributed by atoms with van der Waals surface area (Å²) in [7, 11) is -1.73. The second kappa shape index (κ2) is 9.92. The van der Waals surface area contributed by atoms with E-state index in [1.165, 1.54) is 0 Å². The maximum Gasteiger partial charge on any atom is 0.243 e. The first kappa shape index (κ1) is 22.6. The minimum absolute atomic E-state index is 0.146. The van der Waals surface area contributed by atoms with E-state index in [1.807, 2.05) is 41.3 Å². The number of benzene rings is 2. The molecule has 4 rings (SSSR count). The standard InChI is InChI=1S/C24H31N3O4S/c1-31-22-9-7-21(8-10-22)25-16-18-26(19-17-25)24(28)13-6-20-4-11-23(12-5-20)32(29,30)27-14-2-3-15-27/h4-5,7-12H,2-3,6,13-19H2,1H3. The lowest BCUT2D eigenvalue weighted by Crippen LogP contribution is -2.48. The van der Waals surface area contributed by atoms with E-state index in [0.717, 1.165) is 42.9 Å². The Morgan fingerprint density at radius 3 is 2.09 bits per heavy atom. The van der Waals surface area contributed by atoms with Gasteiger partial charge in [-0.15, -0.1) is 0 Å². The summed E-state index contributed by atoms with van der Waals surface area (Å²) in [5, 5.41) is 0. The zero-order valence-electron chi connectivity index (χ0n) is 18.6. The number of aryl methyl sites for hydroxylation is 1. The molecule has 7 nitrogen and oxygen atoms in total. The first-order chi connectivity index (χ1) is 15.5. The van der Waals surface area contributed by atoms with Crippen LogP contribution in [0.5, 0.6) is 5.75 Å². The number of ether oxygens (including phenoxy) is 1. The van der Waals surface area contributed by atoms with Crippen LogP contribution in [0.2, 0.25) is 0 Å². The van der Waals surface area contributed by atoms with Crippen molar-refractivity contribution in [3.63, 3.8) is 0 Å². The Kier molecular flexibility index (Phi) is 7.01. The Bertz CT molecular complexity index is 1010. The van der Waals surface area contributed by atoms with Gasteiger partial charge in [-0.2, -0.15) is 4.31 Å². The molecule has 0 bridgehead atoms. The zero-order chi connectivity index (χ0) is 22.6. The maximum atomic E-state index is 12.7. The smallest absolute Gasteiger partial charge is 0.243 e. The third-order valence-corrected chi connectivity index (χ3v) is 8.24. The van der Waals surface area contributed by atoms with Crippen molar-refractivity contribution < 1.29 is 17.9 Å². The molecule has 172 valence electrons. The molecule has 0 unspecified atom stereocenters. The number of anilines is 1. The normalized spacial score (nSPS) is 17.5. The molecule has 0 aliphatic carbocycles. The van der Waals surface area contributed by atoms with E-state index in [9.17, 15) is 13.2 Å². The summed E-state index contributed by atoms with van der Waals surface area (Å²) in [6, 6.07) is 15.0. The second-order valence-corrected chi connectivity index (χ2v) is 10.3. The summed E-state index contributed by atoms with van der Waals surface area (Å²) < 4.78 is 32.0. The minimum Gasteiger partial charge on any atom is -0.497 e. The van der Waals surface area contributed by atoms with Gasteiger partial charge in [-0.05, 0) is 61.2 Å². The van der Waals surface area contributed by atoms with Gasteiger partial charge < -0.3 is 14.5 Å². The number of nitrogens with zero attached hydrogens (tertiary/aromatic N) is 3. The molecule has 2 saturated heterocycles. The molecular formula is C24H31N3O4S. The van der Waals surface area contributed by atoms with Crippen LogP contribution in [-0.2, 0) is 21.2 Å². The van der Waals surface area contributed by atoms with Crippen LogP contribution in [-0.4, -0.2) is 69.9 Å².